The molecule has 1 aromatic heterocycles. The Balaban J connectivity index is 1.38. The van der Waals surface area contributed by atoms with Gasteiger partial charge in [-0.3, -0.25) is 0 Å². The van der Waals surface area contributed by atoms with Crippen molar-refractivity contribution in [3.63, 3.8) is 0 Å². The SMILES string of the molecule is Cc1ccc(-c2ccc(OCCNC(=O)NC3CCCCC3)nn2)cc1. The number of rotatable bonds is 6. The predicted octanol–water partition coefficient (Wildman–Crippen LogP) is 3.46. The fraction of sp³-hybridized carbons (Fsp3) is 0.450. The van der Waals surface area contributed by atoms with E-state index in [-0.39, 0.29) is 6.03 Å². The number of hydrogen-bond donors (Lipinski definition) is 2. The molecular weight excluding hydrogens is 328 g/mol. The number of nitrogens with zero attached hydrogens (tertiary/aromatic N) is 2. The first-order valence-electron chi connectivity index (χ1n) is 9.28. The van der Waals surface area contributed by atoms with Crippen LogP contribution in [0.15, 0.2) is 36.4 Å². The molecule has 2 aromatic rings. The molecule has 1 heterocycles. The summed E-state index contributed by atoms with van der Waals surface area (Å²) in [7, 11) is 0. The highest BCUT2D eigenvalue weighted by molar-refractivity contribution is 5.74. The van der Waals surface area contributed by atoms with Crippen molar-refractivity contribution in [1.82, 2.24) is 20.8 Å². The molecule has 0 saturated heterocycles. The average Bonchev–Trinajstić information content (AvgIpc) is 2.67. The fourth-order valence-corrected chi connectivity index (χ4v) is 3.08. The topological polar surface area (TPSA) is 76.1 Å². The van der Waals surface area contributed by atoms with Crippen molar-refractivity contribution in [3.8, 4) is 17.1 Å². The van der Waals surface area contributed by atoms with Gasteiger partial charge in [0.2, 0.25) is 5.88 Å². The molecule has 138 valence electrons. The molecule has 1 aliphatic carbocycles. The van der Waals surface area contributed by atoms with E-state index < -0.39 is 0 Å². The first kappa shape index (κ1) is 18.2. The molecule has 0 unspecified atom stereocenters. The molecule has 0 bridgehead atoms. The number of carbonyl (C=O) groups is 1. The molecule has 2 N–H and O–H groups in total. The molecular formula is C20H26N4O2. The third-order valence-corrected chi connectivity index (χ3v) is 4.57. The summed E-state index contributed by atoms with van der Waals surface area (Å²) in [5, 5.41) is 14.1. The average molecular weight is 354 g/mol. The van der Waals surface area contributed by atoms with E-state index in [0.717, 1.165) is 24.1 Å². The summed E-state index contributed by atoms with van der Waals surface area (Å²) in [4.78, 5) is 11.8. The summed E-state index contributed by atoms with van der Waals surface area (Å²) < 4.78 is 5.54. The lowest BCUT2D eigenvalue weighted by Crippen LogP contribution is -2.44. The molecule has 26 heavy (non-hydrogen) atoms. The van der Waals surface area contributed by atoms with Crippen molar-refractivity contribution in [3.05, 3.63) is 42.0 Å². The number of benzene rings is 1. The predicted molar refractivity (Wildman–Crippen MR) is 101 cm³/mol. The molecule has 0 radical (unpaired) electrons. The second-order valence-electron chi connectivity index (χ2n) is 6.71. The van der Waals surface area contributed by atoms with Gasteiger partial charge in [0, 0.05) is 17.7 Å². The Morgan fingerprint density at radius 2 is 1.85 bits per heavy atom. The standard InChI is InChI=1S/C20H26N4O2/c1-15-7-9-16(10-8-15)18-11-12-19(24-23-18)26-14-13-21-20(25)22-17-5-3-2-4-6-17/h7-12,17H,2-6,13-14H2,1H3,(H2,21,22,25). The quantitative estimate of drug-likeness (QED) is 0.779. The van der Waals surface area contributed by atoms with Gasteiger partial charge in [-0.2, -0.15) is 0 Å². The zero-order valence-electron chi connectivity index (χ0n) is 15.2. The zero-order chi connectivity index (χ0) is 18.2. The van der Waals surface area contributed by atoms with E-state index in [0.29, 0.717) is 25.1 Å². The summed E-state index contributed by atoms with van der Waals surface area (Å²) in [5.74, 6) is 0.454. The highest BCUT2D eigenvalue weighted by Crippen LogP contribution is 2.18. The van der Waals surface area contributed by atoms with Crippen LogP contribution < -0.4 is 15.4 Å². The van der Waals surface area contributed by atoms with Crippen molar-refractivity contribution >= 4 is 6.03 Å². The molecule has 0 spiro atoms. The Kier molecular flexibility index (Phi) is 6.41. The van der Waals surface area contributed by atoms with Gasteiger partial charge in [0.1, 0.15) is 6.61 Å². The Bertz CT molecular complexity index is 695. The van der Waals surface area contributed by atoms with Gasteiger partial charge in [0.05, 0.1) is 12.2 Å². The molecule has 1 aliphatic rings. The van der Waals surface area contributed by atoms with E-state index >= 15 is 0 Å². The van der Waals surface area contributed by atoms with Crippen LogP contribution in [0.3, 0.4) is 0 Å². The van der Waals surface area contributed by atoms with Gasteiger partial charge in [0.15, 0.2) is 0 Å². The van der Waals surface area contributed by atoms with Crippen molar-refractivity contribution in [1.29, 1.82) is 0 Å². The summed E-state index contributed by atoms with van der Waals surface area (Å²) in [5.41, 5.74) is 3.04. The third-order valence-electron chi connectivity index (χ3n) is 4.57. The van der Waals surface area contributed by atoms with Crippen LogP contribution in [0.1, 0.15) is 37.7 Å². The van der Waals surface area contributed by atoms with E-state index in [1.54, 1.807) is 6.07 Å². The third kappa shape index (κ3) is 5.44. The van der Waals surface area contributed by atoms with Gasteiger partial charge < -0.3 is 15.4 Å². The maximum absolute atomic E-state index is 11.8. The van der Waals surface area contributed by atoms with Gasteiger partial charge in [-0.1, -0.05) is 49.1 Å². The van der Waals surface area contributed by atoms with Crippen LogP contribution in [0.25, 0.3) is 11.3 Å². The van der Waals surface area contributed by atoms with Gasteiger partial charge >= 0.3 is 6.03 Å². The van der Waals surface area contributed by atoms with Crippen molar-refractivity contribution in [2.24, 2.45) is 0 Å². The van der Waals surface area contributed by atoms with Crippen molar-refractivity contribution in [2.75, 3.05) is 13.2 Å². The minimum Gasteiger partial charge on any atom is -0.475 e. The fourth-order valence-electron chi connectivity index (χ4n) is 3.08. The summed E-state index contributed by atoms with van der Waals surface area (Å²) in [6, 6.07) is 12.0. The molecule has 3 rings (SSSR count). The van der Waals surface area contributed by atoms with Crippen LogP contribution >= 0.6 is 0 Å². The molecule has 1 saturated carbocycles. The first-order chi connectivity index (χ1) is 12.7. The molecule has 1 fully saturated rings. The summed E-state index contributed by atoms with van der Waals surface area (Å²) in [6.07, 6.45) is 5.83. The number of carbonyl (C=O) groups excluding carboxylic acids is 1. The van der Waals surface area contributed by atoms with Crippen molar-refractivity contribution < 1.29 is 9.53 Å². The normalized spacial score (nSPS) is 14.7. The molecule has 2 amide bonds. The van der Waals surface area contributed by atoms with Gasteiger partial charge in [-0.15, -0.1) is 10.2 Å². The van der Waals surface area contributed by atoms with Crippen LogP contribution in [-0.4, -0.2) is 35.4 Å². The number of nitrogens with one attached hydrogen (secondary N) is 2. The highest BCUT2D eigenvalue weighted by atomic mass is 16.5. The monoisotopic (exact) mass is 354 g/mol. The number of aromatic nitrogens is 2. The maximum atomic E-state index is 11.8. The second-order valence-corrected chi connectivity index (χ2v) is 6.71. The Morgan fingerprint density at radius 1 is 1.08 bits per heavy atom. The minimum absolute atomic E-state index is 0.124. The Hall–Kier alpha value is -2.63. The van der Waals surface area contributed by atoms with E-state index in [2.05, 4.69) is 27.8 Å². The molecule has 0 aliphatic heterocycles. The first-order valence-corrected chi connectivity index (χ1v) is 9.28. The molecule has 6 nitrogen and oxygen atoms in total. The molecule has 1 aromatic carbocycles. The lowest BCUT2D eigenvalue weighted by atomic mass is 9.96. The lowest BCUT2D eigenvalue weighted by molar-refractivity contribution is 0.228. The minimum atomic E-state index is -0.124. The van der Waals surface area contributed by atoms with Crippen molar-refractivity contribution in [2.45, 2.75) is 45.1 Å². The van der Waals surface area contributed by atoms with Crippen LogP contribution in [0, 0.1) is 6.92 Å². The number of hydrogen-bond acceptors (Lipinski definition) is 4. The summed E-state index contributed by atoms with van der Waals surface area (Å²) >= 11 is 0. The van der Waals surface area contributed by atoms with Crippen LogP contribution in [-0.2, 0) is 0 Å². The largest absolute Gasteiger partial charge is 0.475 e. The van der Waals surface area contributed by atoms with E-state index in [9.17, 15) is 4.79 Å². The van der Waals surface area contributed by atoms with E-state index in [1.807, 2.05) is 30.3 Å². The number of aryl methyl sites for hydroxylation is 1. The van der Waals surface area contributed by atoms with Gasteiger partial charge in [-0.25, -0.2) is 4.79 Å². The van der Waals surface area contributed by atoms with Gasteiger partial charge in [0.25, 0.3) is 0 Å². The second kappa shape index (κ2) is 9.17. The maximum Gasteiger partial charge on any atom is 0.315 e. The lowest BCUT2D eigenvalue weighted by Gasteiger charge is -2.22. The summed E-state index contributed by atoms with van der Waals surface area (Å²) in [6.45, 7) is 2.84. The zero-order valence-corrected chi connectivity index (χ0v) is 15.2. The Morgan fingerprint density at radius 3 is 2.54 bits per heavy atom. The van der Waals surface area contributed by atoms with Crippen LogP contribution in [0.5, 0.6) is 5.88 Å². The van der Waals surface area contributed by atoms with E-state index in [1.165, 1.54) is 24.8 Å². The number of ether oxygens (including phenoxy) is 1. The smallest absolute Gasteiger partial charge is 0.315 e. The highest BCUT2D eigenvalue weighted by Gasteiger charge is 2.15. The molecule has 0 atom stereocenters. The number of urea groups is 1. The van der Waals surface area contributed by atoms with Crippen LogP contribution in [0.4, 0.5) is 4.79 Å². The Labute approximate surface area is 154 Å². The number of amides is 2. The van der Waals surface area contributed by atoms with Crippen LogP contribution in [0.2, 0.25) is 0 Å². The molecule has 6 heteroatoms. The van der Waals surface area contributed by atoms with E-state index in [4.69, 9.17) is 4.74 Å². The van der Waals surface area contributed by atoms with Gasteiger partial charge in [-0.05, 0) is 25.8 Å².